The molecule has 0 bridgehead atoms. The Labute approximate surface area is 128 Å². The number of nitrogens with two attached hydrogens (primary N) is 1. The van der Waals surface area contributed by atoms with Crippen LogP contribution in [0.15, 0.2) is 17.0 Å². The van der Waals surface area contributed by atoms with Crippen LogP contribution in [0, 0.1) is 19.8 Å². The highest BCUT2D eigenvalue weighted by Gasteiger charge is 2.34. The molecule has 21 heavy (non-hydrogen) atoms. The van der Waals surface area contributed by atoms with Crippen molar-refractivity contribution in [2.75, 3.05) is 6.54 Å². The number of aryl methyl sites for hydroxylation is 2. The van der Waals surface area contributed by atoms with Crippen molar-refractivity contribution in [1.29, 1.82) is 0 Å². The molecule has 118 valence electrons. The third-order valence-corrected chi connectivity index (χ3v) is 6.67. The lowest BCUT2D eigenvalue weighted by atomic mass is 9.95. The summed E-state index contributed by atoms with van der Waals surface area (Å²) >= 11 is 0. The monoisotopic (exact) mass is 310 g/mol. The van der Waals surface area contributed by atoms with E-state index >= 15 is 0 Å². The lowest BCUT2D eigenvalue weighted by Gasteiger charge is -2.35. The summed E-state index contributed by atoms with van der Waals surface area (Å²) in [7, 11) is -3.44. The molecule has 2 unspecified atom stereocenters. The molecule has 1 aliphatic heterocycles. The quantitative estimate of drug-likeness (QED) is 0.933. The molecule has 2 N–H and O–H groups in total. The van der Waals surface area contributed by atoms with E-state index in [0.29, 0.717) is 23.9 Å². The van der Waals surface area contributed by atoms with Crippen molar-refractivity contribution in [3.05, 3.63) is 28.8 Å². The standard InChI is InChI=1S/C16H26N2O2S/c1-11-5-6-18(14(4)7-11)21(19,20)16-9-15(10-17)12(2)8-13(16)3/h8-9,11,14H,5-7,10,17H2,1-4H3. The fraction of sp³-hybridized carbons (Fsp3) is 0.625. The molecule has 0 spiro atoms. The van der Waals surface area contributed by atoms with Gasteiger partial charge in [0.15, 0.2) is 0 Å². The highest BCUT2D eigenvalue weighted by atomic mass is 32.2. The minimum absolute atomic E-state index is 0.0563. The van der Waals surface area contributed by atoms with Gasteiger partial charge in [-0.15, -0.1) is 0 Å². The van der Waals surface area contributed by atoms with Crippen LogP contribution < -0.4 is 5.73 Å². The van der Waals surface area contributed by atoms with Crippen molar-refractivity contribution in [2.45, 2.75) is 58.0 Å². The summed E-state index contributed by atoms with van der Waals surface area (Å²) in [5.41, 5.74) is 8.48. The minimum Gasteiger partial charge on any atom is -0.326 e. The van der Waals surface area contributed by atoms with Crippen LogP contribution in [0.1, 0.15) is 43.4 Å². The van der Waals surface area contributed by atoms with Gasteiger partial charge >= 0.3 is 0 Å². The number of hydrogen-bond acceptors (Lipinski definition) is 3. The van der Waals surface area contributed by atoms with Crippen molar-refractivity contribution < 1.29 is 8.42 Å². The van der Waals surface area contributed by atoms with Crippen molar-refractivity contribution in [3.8, 4) is 0 Å². The van der Waals surface area contributed by atoms with Gasteiger partial charge in [0.05, 0.1) is 4.90 Å². The predicted octanol–water partition coefficient (Wildman–Crippen LogP) is 2.57. The van der Waals surface area contributed by atoms with Gasteiger partial charge in [0.1, 0.15) is 0 Å². The second kappa shape index (κ2) is 6.07. The highest BCUT2D eigenvalue weighted by molar-refractivity contribution is 7.89. The summed E-state index contributed by atoms with van der Waals surface area (Å²) in [6, 6.07) is 3.73. The maximum absolute atomic E-state index is 13.0. The van der Waals surface area contributed by atoms with Crippen LogP contribution in [-0.4, -0.2) is 25.3 Å². The van der Waals surface area contributed by atoms with E-state index < -0.39 is 10.0 Å². The minimum atomic E-state index is -3.44. The first-order valence-corrected chi connectivity index (χ1v) is 9.03. The number of piperidine rings is 1. The Bertz CT molecular complexity index is 625. The molecule has 0 amide bonds. The van der Waals surface area contributed by atoms with E-state index in [9.17, 15) is 8.42 Å². The molecule has 1 aromatic rings. The van der Waals surface area contributed by atoms with Crippen LogP contribution in [0.5, 0.6) is 0 Å². The van der Waals surface area contributed by atoms with E-state index in [4.69, 9.17) is 5.73 Å². The van der Waals surface area contributed by atoms with Gasteiger partial charge in [-0.05, 0) is 62.3 Å². The van der Waals surface area contributed by atoms with Gasteiger partial charge in [-0.3, -0.25) is 0 Å². The van der Waals surface area contributed by atoms with Crippen LogP contribution in [-0.2, 0) is 16.6 Å². The fourth-order valence-electron chi connectivity index (χ4n) is 3.24. The number of benzene rings is 1. The third kappa shape index (κ3) is 3.15. The summed E-state index contributed by atoms with van der Waals surface area (Å²) in [5, 5.41) is 0. The summed E-state index contributed by atoms with van der Waals surface area (Å²) < 4.78 is 27.6. The molecule has 0 aliphatic carbocycles. The van der Waals surface area contributed by atoms with Crippen molar-refractivity contribution in [3.63, 3.8) is 0 Å². The first kappa shape index (κ1) is 16.5. The van der Waals surface area contributed by atoms with E-state index in [1.54, 1.807) is 10.4 Å². The van der Waals surface area contributed by atoms with Crippen LogP contribution in [0.25, 0.3) is 0 Å². The Kier molecular flexibility index (Phi) is 4.76. The normalized spacial score (nSPS) is 24.2. The average Bonchev–Trinajstić information content (AvgIpc) is 2.37. The van der Waals surface area contributed by atoms with Crippen LogP contribution in [0.3, 0.4) is 0 Å². The molecule has 2 atom stereocenters. The highest BCUT2D eigenvalue weighted by Crippen LogP contribution is 2.30. The average molecular weight is 310 g/mol. The second-order valence-corrected chi connectivity index (χ2v) is 8.20. The van der Waals surface area contributed by atoms with Gasteiger partial charge in [-0.2, -0.15) is 4.31 Å². The van der Waals surface area contributed by atoms with Gasteiger partial charge < -0.3 is 5.73 Å². The maximum Gasteiger partial charge on any atom is 0.243 e. The molecular formula is C16H26N2O2S. The Morgan fingerprint density at radius 2 is 1.90 bits per heavy atom. The van der Waals surface area contributed by atoms with E-state index in [-0.39, 0.29) is 6.04 Å². The van der Waals surface area contributed by atoms with Crippen molar-refractivity contribution in [1.82, 2.24) is 4.31 Å². The summed E-state index contributed by atoms with van der Waals surface area (Å²) in [5.74, 6) is 0.588. The summed E-state index contributed by atoms with van der Waals surface area (Å²) in [6.07, 6.45) is 1.85. The predicted molar refractivity (Wildman–Crippen MR) is 85.6 cm³/mol. The summed E-state index contributed by atoms with van der Waals surface area (Å²) in [4.78, 5) is 0.412. The van der Waals surface area contributed by atoms with E-state index in [0.717, 1.165) is 29.5 Å². The zero-order valence-electron chi connectivity index (χ0n) is 13.4. The Balaban J connectivity index is 2.44. The molecular weight excluding hydrogens is 284 g/mol. The van der Waals surface area contributed by atoms with Gasteiger partial charge in [0, 0.05) is 19.1 Å². The van der Waals surface area contributed by atoms with Crippen LogP contribution in [0.4, 0.5) is 0 Å². The molecule has 1 heterocycles. The van der Waals surface area contributed by atoms with E-state index in [1.165, 1.54) is 0 Å². The first-order chi connectivity index (χ1) is 9.77. The smallest absolute Gasteiger partial charge is 0.243 e. The Morgan fingerprint density at radius 1 is 1.24 bits per heavy atom. The topological polar surface area (TPSA) is 63.4 Å². The van der Waals surface area contributed by atoms with Gasteiger partial charge in [-0.1, -0.05) is 13.0 Å². The first-order valence-electron chi connectivity index (χ1n) is 7.59. The molecule has 5 heteroatoms. The SMILES string of the molecule is Cc1cc(C)c(S(=O)(=O)N2CCC(C)CC2C)cc1CN. The van der Waals surface area contributed by atoms with Gasteiger partial charge in [0.25, 0.3) is 0 Å². The van der Waals surface area contributed by atoms with Crippen molar-refractivity contribution >= 4 is 10.0 Å². The number of sulfonamides is 1. The number of hydrogen-bond donors (Lipinski definition) is 1. The molecule has 0 radical (unpaired) electrons. The lowest BCUT2D eigenvalue weighted by molar-refractivity contribution is 0.220. The van der Waals surface area contributed by atoms with E-state index in [2.05, 4.69) is 6.92 Å². The van der Waals surface area contributed by atoms with Crippen LogP contribution in [0.2, 0.25) is 0 Å². The molecule has 1 fully saturated rings. The van der Waals surface area contributed by atoms with Crippen LogP contribution >= 0.6 is 0 Å². The lowest BCUT2D eigenvalue weighted by Crippen LogP contribution is -2.44. The molecule has 0 aromatic heterocycles. The molecule has 2 rings (SSSR count). The van der Waals surface area contributed by atoms with Gasteiger partial charge in [-0.25, -0.2) is 8.42 Å². The molecule has 4 nitrogen and oxygen atoms in total. The second-order valence-electron chi connectivity index (χ2n) is 6.34. The molecule has 1 aliphatic rings. The van der Waals surface area contributed by atoms with E-state index in [1.807, 2.05) is 26.8 Å². The van der Waals surface area contributed by atoms with Crippen molar-refractivity contribution in [2.24, 2.45) is 11.7 Å². The fourth-order valence-corrected chi connectivity index (χ4v) is 5.16. The molecule has 1 aromatic carbocycles. The number of nitrogens with zero attached hydrogens (tertiary/aromatic N) is 1. The zero-order valence-corrected chi connectivity index (χ0v) is 14.2. The third-order valence-electron chi connectivity index (χ3n) is 4.52. The molecule has 1 saturated heterocycles. The molecule has 0 saturated carbocycles. The Hall–Kier alpha value is -0.910. The number of rotatable bonds is 3. The maximum atomic E-state index is 13.0. The Morgan fingerprint density at radius 3 is 2.48 bits per heavy atom. The summed E-state index contributed by atoms with van der Waals surface area (Å²) in [6.45, 7) is 8.98. The van der Waals surface area contributed by atoms with Gasteiger partial charge in [0.2, 0.25) is 10.0 Å². The largest absolute Gasteiger partial charge is 0.326 e. The zero-order chi connectivity index (χ0) is 15.8.